The Balaban J connectivity index is 1.60. The zero-order valence-corrected chi connectivity index (χ0v) is 16.3. The lowest BCUT2D eigenvalue weighted by atomic mass is 10.1. The summed E-state index contributed by atoms with van der Waals surface area (Å²) in [6.45, 7) is 3.48. The highest BCUT2D eigenvalue weighted by atomic mass is 16.5. The van der Waals surface area contributed by atoms with Crippen LogP contribution in [0.15, 0.2) is 30.3 Å². The van der Waals surface area contributed by atoms with E-state index in [9.17, 15) is 9.59 Å². The van der Waals surface area contributed by atoms with Crippen LogP contribution in [-0.4, -0.2) is 64.5 Å². The highest BCUT2D eigenvalue weighted by molar-refractivity contribution is 5.97. The van der Waals surface area contributed by atoms with Gasteiger partial charge in [0, 0.05) is 33.2 Å². The maximum Gasteiger partial charge on any atom is 0.290 e. The van der Waals surface area contributed by atoms with Gasteiger partial charge in [-0.05, 0) is 24.8 Å². The predicted octanol–water partition coefficient (Wildman–Crippen LogP) is 1.96. The van der Waals surface area contributed by atoms with Gasteiger partial charge in [-0.2, -0.15) is 0 Å². The van der Waals surface area contributed by atoms with Crippen molar-refractivity contribution in [2.75, 3.05) is 33.4 Å². The zero-order chi connectivity index (χ0) is 19.5. The fourth-order valence-electron chi connectivity index (χ4n) is 3.90. The summed E-state index contributed by atoms with van der Waals surface area (Å²) in [7, 11) is 1.79. The summed E-state index contributed by atoms with van der Waals surface area (Å²) < 4.78 is 7.31. The molecular weight excluding hydrogens is 356 g/mol. The van der Waals surface area contributed by atoms with E-state index in [2.05, 4.69) is 4.98 Å². The smallest absolute Gasteiger partial charge is 0.290 e. The number of ether oxygens (including phenoxy) is 1. The van der Waals surface area contributed by atoms with Crippen LogP contribution in [-0.2, 0) is 24.2 Å². The van der Waals surface area contributed by atoms with Crippen molar-refractivity contribution in [3.8, 4) is 0 Å². The number of nitrogens with zero attached hydrogens (tertiary/aromatic N) is 4. The molecule has 0 bridgehead atoms. The lowest BCUT2D eigenvalue weighted by Crippen LogP contribution is -2.42. The molecule has 0 atom stereocenters. The average Bonchev–Trinajstić information content (AvgIpc) is 3.13. The first kappa shape index (κ1) is 18.7. The number of aromatic nitrogens is 2. The molecule has 2 aliphatic rings. The van der Waals surface area contributed by atoms with Gasteiger partial charge in [-0.15, -0.1) is 0 Å². The summed E-state index contributed by atoms with van der Waals surface area (Å²) in [6, 6.07) is 9.89. The normalized spacial score (nSPS) is 16.5. The number of carbonyl (C=O) groups is 2. The van der Waals surface area contributed by atoms with Gasteiger partial charge < -0.3 is 19.1 Å². The number of morpholine rings is 1. The van der Waals surface area contributed by atoms with E-state index in [0.717, 1.165) is 37.1 Å². The fourth-order valence-corrected chi connectivity index (χ4v) is 3.90. The zero-order valence-electron chi connectivity index (χ0n) is 16.3. The molecule has 148 valence electrons. The summed E-state index contributed by atoms with van der Waals surface area (Å²) in [5.74, 6) is 0.166. The lowest BCUT2D eigenvalue weighted by Gasteiger charge is -2.27. The maximum absolute atomic E-state index is 13.1. The molecule has 1 saturated heterocycles. The van der Waals surface area contributed by atoms with Gasteiger partial charge in [-0.3, -0.25) is 9.59 Å². The van der Waals surface area contributed by atoms with Gasteiger partial charge in [0.25, 0.3) is 11.8 Å². The first-order valence-electron chi connectivity index (χ1n) is 9.91. The molecule has 1 fully saturated rings. The van der Waals surface area contributed by atoms with Crippen molar-refractivity contribution in [3.63, 3.8) is 0 Å². The molecular formula is C21H26N4O3. The van der Waals surface area contributed by atoms with Crippen LogP contribution in [0.25, 0.3) is 0 Å². The van der Waals surface area contributed by atoms with E-state index < -0.39 is 0 Å². The van der Waals surface area contributed by atoms with Crippen LogP contribution in [0.3, 0.4) is 0 Å². The summed E-state index contributed by atoms with van der Waals surface area (Å²) in [6.07, 6.45) is 2.80. The lowest BCUT2D eigenvalue weighted by molar-refractivity contribution is 0.0291. The van der Waals surface area contributed by atoms with E-state index in [1.807, 2.05) is 34.9 Å². The number of hydrogen-bond donors (Lipinski definition) is 0. The number of imidazole rings is 1. The Hall–Kier alpha value is -2.67. The second-order valence-corrected chi connectivity index (χ2v) is 7.39. The molecule has 7 nitrogen and oxygen atoms in total. The van der Waals surface area contributed by atoms with Crippen molar-refractivity contribution in [2.24, 2.45) is 0 Å². The standard InChI is InChI=1S/C21H26N4O3/c1-23(15-16-7-3-2-4-8-16)20(26)18-17-9-5-6-10-25(17)19(22-18)21(27)24-11-13-28-14-12-24/h2-4,7-8H,5-6,9-15H2,1H3. The Kier molecular flexibility index (Phi) is 5.43. The number of rotatable bonds is 4. The topological polar surface area (TPSA) is 67.7 Å². The second-order valence-electron chi connectivity index (χ2n) is 7.39. The molecule has 0 N–H and O–H groups in total. The molecule has 2 amide bonds. The Morgan fingerprint density at radius 2 is 1.86 bits per heavy atom. The molecule has 2 aromatic rings. The molecule has 1 aromatic carbocycles. The second kappa shape index (κ2) is 8.14. The molecule has 0 saturated carbocycles. The first-order chi connectivity index (χ1) is 13.6. The van der Waals surface area contributed by atoms with Crippen LogP contribution in [0.2, 0.25) is 0 Å². The summed E-state index contributed by atoms with van der Waals surface area (Å²) in [5, 5.41) is 0. The van der Waals surface area contributed by atoms with Gasteiger partial charge in [-0.25, -0.2) is 4.98 Å². The van der Waals surface area contributed by atoms with Crippen LogP contribution in [0.5, 0.6) is 0 Å². The first-order valence-corrected chi connectivity index (χ1v) is 9.91. The van der Waals surface area contributed by atoms with E-state index in [4.69, 9.17) is 4.74 Å². The van der Waals surface area contributed by atoms with Crippen LogP contribution in [0, 0.1) is 0 Å². The van der Waals surface area contributed by atoms with Crippen LogP contribution < -0.4 is 0 Å². The van der Waals surface area contributed by atoms with E-state index in [-0.39, 0.29) is 11.8 Å². The molecule has 3 heterocycles. The van der Waals surface area contributed by atoms with Gasteiger partial charge >= 0.3 is 0 Å². The Labute approximate surface area is 164 Å². The Bertz CT molecular complexity index is 856. The SMILES string of the molecule is CN(Cc1ccccc1)C(=O)c1nc(C(=O)N2CCOCC2)n2c1CCCC2. The van der Waals surface area contributed by atoms with Gasteiger partial charge in [-0.1, -0.05) is 30.3 Å². The van der Waals surface area contributed by atoms with Crippen molar-refractivity contribution < 1.29 is 14.3 Å². The third kappa shape index (κ3) is 3.67. The van der Waals surface area contributed by atoms with Gasteiger partial charge in [0.15, 0.2) is 5.82 Å². The quantitative estimate of drug-likeness (QED) is 0.811. The molecule has 0 radical (unpaired) electrons. The minimum Gasteiger partial charge on any atom is -0.378 e. The maximum atomic E-state index is 13.1. The van der Waals surface area contributed by atoms with E-state index in [0.29, 0.717) is 44.4 Å². The molecule has 0 spiro atoms. The van der Waals surface area contributed by atoms with Crippen LogP contribution >= 0.6 is 0 Å². The van der Waals surface area contributed by atoms with Crippen molar-refractivity contribution in [3.05, 3.63) is 53.1 Å². The highest BCUT2D eigenvalue weighted by Crippen LogP contribution is 2.23. The molecule has 0 unspecified atom stereocenters. The van der Waals surface area contributed by atoms with Crippen LogP contribution in [0.4, 0.5) is 0 Å². The van der Waals surface area contributed by atoms with E-state index in [1.165, 1.54) is 0 Å². The van der Waals surface area contributed by atoms with Gasteiger partial charge in [0.05, 0.1) is 18.9 Å². The van der Waals surface area contributed by atoms with E-state index >= 15 is 0 Å². The minimum absolute atomic E-state index is 0.101. The van der Waals surface area contributed by atoms with Gasteiger partial charge in [0.2, 0.25) is 0 Å². The molecule has 4 rings (SSSR count). The van der Waals surface area contributed by atoms with Crippen LogP contribution in [0.1, 0.15) is 45.2 Å². The van der Waals surface area contributed by atoms with Crippen molar-refractivity contribution in [1.82, 2.24) is 19.4 Å². The summed E-state index contributed by atoms with van der Waals surface area (Å²) in [4.78, 5) is 34.2. The highest BCUT2D eigenvalue weighted by Gasteiger charge is 2.31. The molecule has 2 aliphatic heterocycles. The number of carbonyl (C=O) groups excluding carboxylic acids is 2. The molecule has 7 heteroatoms. The third-order valence-electron chi connectivity index (χ3n) is 5.42. The third-order valence-corrected chi connectivity index (χ3v) is 5.42. The van der Waals surface area contributed by atoms with Crippen molar-refractivity contribution in [1.29, 1.82) is 0 Å². The van der Waals surface area contributed by atoms with Gasteiger partial charge in [0.1, 0.15) is 5.69 Å². The van der Waals surface area contributed by atoms with Crippen molar-refractivity contribution >= 4 is 11.8 Å². The number of hydrogen-bond acceptors (Lipinski definition) is 4. The Morgan fingerprint density at radius 1 is 1.11 bits per heavy atom. The minimum atomic E-state index is -0.129. The molecule has 28 heavy (non-hydrogen) atoms. The monoisotopic (exact) mass is 382 g/mol. The predicted molar refractivity (Wildman–Crippen MR) is 104 cm³/mol. The molecule has 0 aliphatic carbocycles. The average molecular weight is 382 g/mol. The summed E-state index contributed by atoms with van der Waals surface area (Å²) in [5.41, 5.74) is 2.39. The number of amides is 2. The molecule has 1 aromatic heterocycles. The van der Waals surface area contributed by atoms with Crippen molar-refractivity contribution in [2.45, 2.75) is 32.4 Å². The van der Waals surface area contributed by atoms with E-state index in [1.54, 1.807) is 16.8 Å². The Morgan fingerprint density at radius 3 is 2.61 bits per heavy atom. The number of fused-ring (bicyclic) bond motifs is 1. The fraction of sp³-hybridized carbons (Fsp3) is 0.476. The number of benzene rings is 1. The summed E-state index contributed by atoms with van der Waals surface area (Å²) >= 11 is 0. The largest absolute Gasteiger partial charge is 0.378 e.